The average Bonchev–Trinajstić information content (AvgIpc) is 3.55. The number of fused-ring (bicyclic) bond motifs is 1. The van der Waals surface area contributed by atoms with Crippen molar-refractivity contribution < 1.29 is 28.6 Å². The molecule has 1 heterocycles. The van der Waals surface area contributed by atoms with Crippen LogP contribution in [0.2, 0.25) is 5.02 Å². The first-order valence-corrected chi connectivity index (χ1v) is 14.9. The molecule has 234 valence electrons. The number of hydrogen-bond acceptors (Lipinski definition) is 8. The zero-order chi connectivity index (χ0) is 32.5. The highest BCUT2D eigenvalue weighted by molar-refractivity contribution is 6.34. The molecule has 0 atom stereocenters. The molecule has 0 radical (unpaired) electrons. The molecule has 0 fully saturated rings. The van der Waals surface area contributed by atoms with Crippen LogP contribution in [0.5, 0.6) is 17.2 Å². The molecule has 4 aromatic rings. The Kier molecular flexibility index (Phi) is 10.3. The fourth-order valence-electron chi connectivity index (χ4n) is 4.61. The first-order chi connectivity index (χ1) is 22.4. The van der Waals surface area contributed by atoms with Crippen LogP contribution >= 0.6 is 11.6 Å². The lowest BCUT2D eigenvalue weighted by Gasteiger charge is -2.21. The smallest absolute Gasteiger partial charge is 0.343 e. The van der Waals surface area contributed by atoms with Gasteiger partial charge in [0.05, 0.1) is 22.4 Å². The molecule has 0 aliphatic carbocycles. The van der Waals surface area contributed by atoms with Crippen LogP contribution in [0, 0.1) is 0 Å². The summed E-state index contributed by atoms with van der Waals surface area (Å²) in [6.45, 7) is 5.94. The third-order valence-electron chi connectivity index (χ3n) is 7.04. The number of rotatable bonds is 11. The molecule has 46 heavy (non-hydrogen) atoms. The van der Waals surface area contributed by atoms with E-state index in [2.05, 4.69) is 34.6 Å². The lowest BCUT2D eigenvalue weighted by atomic mass is 10.1. The number of ether oxygens (including phenoxy) is 3. The Morgan fingerprint density at radius 2 is 1.63 bits per heavy atom. The van der Waals surface area contributed by atoms with Gasteiger partial charge in [0.1, 0.15) is 11.4 Å². The maximum absolute atomic E-state index is 13.3. The van der Waals surface area contributed by atoms with Crippen molar-refractivity contribution in [1.29, 1.82) is 0 Å². The van der Waals surface area contributed by atoms with Gasteiger partial charge in [-0.2, -0.15) is 5.10 Å². The van der Waals surface area contributed by atoms with Gasteiger partial charge in [0, 0.05) is 24.3 Å². The Morgan fingerprint density at radius 3 is 2.39 bits per heavy atom. The Hall–Kier alpha value is -5.61. The standard InChI is InChI=1S/C35H31ClN4O6/c1-3-40(4-2)26-16-13-23(14-17-26)19-29(38-33(41)27-10-6-7-11-28(27)36)34(42)39-37-21-25-9-5-8-12-30(25)46-35(43)24-15-18-31-32(20-24)45-22-44-31/h5-21H,3-4,22H2,1-2H3,(H,38,41)(H,39,42). The van der Waals surface area contributed by atoms with Gasteiger partial charge < -0.3 is 24.4 Å². The van der Waals surface area contributed by atoms with Gasteiger partial charge in [-0.3, -0.25) is 9.59 Å². The van der Waals surface area contributed by atoms with Gasteiger partial charge in [0.2, 0.25) is 6.79 Å². The number of carbonyl (C=O) groups is 3. The molecular weight excluding hydrogens is 608 g/mol. The monoisotopic (exact) mass is 638 g/mol. The SMILES string of the molecule is CCN(CC)c1ccc(C=C(NC(=O)c2ccccc2Cl)C(=O)NN=Cc2ccccc2OC(=O)c2ccc3c(c2)OCO3)cc1. The zero-order valence-corrected chi connectivity index (χ0v) is 25.9. The molecule has 1 aliphatic heterocycles. The summed E-state index contributed by atoms with van der Waals surface area (Å²) in [5.74, 6) is -0.622. The Balaban J connectivity index is 1.33. The minimum atomic E-state index is -0.681. The van der Waals surface area contributed by atoms with Crippen LogP contribution in [0.1, 0.15) is 45.7 Å². The number of para-hydroxylation sites is 1. The van der Waals surface area contributed by atoms with Crippen molar-refractivity contribution in [3.05, 3.63) is 124 Å². The summed E-state index contributed by atoms with van der Waals surface area (Å²) < 4.78 is 16.2. The highest BCUT2D eigenvalue weighted by Gasteiger charge is 2.19. The van der Waals surface area contributed by atoms with E-state index >= 15 is 0 Å². The van der Waals surface area contributed by atoms with Crippen molar-refractivity contribution >= 4 is 47.4 Å². The number of hydrogen-bond donors (Lipinski definition) is 2. The normalized spacial score (nSPS) is 12.1. The van der Waals surface area contributed by atoms with Crippen molar-refractivity contribution in [1.82, 2.24) is 10.7 Å². The largest absolute Gasteiger partial charge is 0.454 e. The number of halogens is 1. The number of nitrogens with one attached hydrogen (secondary N) is 2. The second-order valence-corrected chi connectivity index (χ2v) is 10.4. The lowest BCUT2D eigenvalue weighted by molar-refractivity contribution is -0.117. The van der Waals surface area contributed by atoms with Gasteiger partial charge in [-0.25, -0.2) is 10.2 Å². The van der Waals surface area contributed by atoms with E-state index in [1.165, 1.54) is 6.21 Å². The van der Waals surface area contributed by atoms with Gasteiger partial charge in [-0.15, -0.1) is 0 Å². The number of amides is 2. The van der Waals surface area contributed by atoms with Crippen LogP contribution in [0.15, 0.2) is 102 Å². The van der Waals surface area contributed by atoms with Crippen LogP contribution in [0.3, 0.4) is 0 Å². The van der Waals surface area contributed by atoms with Crippen molar-refractivity contribution in [2.24, 2.45) is 5.10 Å². The summed E-state index contributed by atoms with van der Waals surface area (Å²) in [6.07, 6.45) is 2.89. The van der Waals surface area contributed by atoms with Crippen molar-refractivity contribution in [3.63, 3.8) is 0 Å². The van der Waals surface area contributed by atoms with Gasteiger partial charge in [-0.1, -0.05) is 48.0 Å². The van der Waals surface area contributed by atoms with Crippen molar-refractivity contribution in [3.8, 4) is 17.2 Å². The van der Waals surface area contributed by atoms with E-state index in [-0.39, 0.29) is 34.4 Å². The number of carbonyl (C=O) groups excluding carboxylic acids is 3. The predicted octanol–water partition coefficient (Wildman–Crippen LogP) is 6.06. The fraction of sp³-hybridized carbons (Fsp3) is 0.143. The summed E-state index contributed by atoms with van der Waals surface area (Å²) in [7, 11) is 0. The molecule has 10 nitrogen and oxygen atoms in total. The first kappa shape index (κ1) is 31.8. The van der Waals surface area contributed by atoms with E-state index < -0.39 is 17.8 Å². The summed E-state index contributed by atoms with van der Waals surface area (Å²) in [5.41, 5.74) is 5.03. The molecule has 0 aromatic heterocycles. The van der Waals surface area contributed by atoms with Crippen molar-refractivity contribution in [2.45, 2.75) is 13.8 Å². The maximum atomic E-state index is 13.3. The van der Waals surface area contributed by atoms with Crippen LogP contribution in [0.4, 0.5) is 5.69 Å². The second kappa shape index (κ2) is 14.9. The fourth-order valence-corrected chi connectivity index (χ4v) is 4.83. The number of anilines is 1. The lowest BCUT2D eigenvalue weighted by Crippen LogP contribution is -2.33. The third-order valence-corrected chi connectivity index (χ3v) is 7.37. The molecule has 0 bridgehead atoms. The third kappa shape index (κ3) is 7.72. The Labute approximate surface area is 271 Å². The van der Waals surface area contributed by atoms with Gasteiger partial charge in [-0.05, 0) is 80.1 Å². The molecular formula is C35H31ClN4O6. The highest BCUT2D eigenvalue weighted by atomic mass is 35.5. The zero-order valence-electron chi connectivity index (χ0n) is 25.2. The summed E-state index contributed by atoms with van der Waals surface area (Å²) in [5, 5.41) is 6.97. The second-order valence-electron chi connectivity index (χ2n) is 9.95. The highest BCUT2D eigenvalue weighted by Crippen LogP contribution is 2.33. The summed E-state index contributed by atoms with van der Waals surface area (Å²) in [6, 6.07) is 25.6. The number of nitrogens with zero attached hydrogens (tertiary/aromatic N) is 2. The van der Waals surface area contributed by atoms with E-state index in [0.29, 0.717) is 22.6 Å². The van der Waals surface area contributed by atoms with E-state index in [9.17, 15) is 14.4 Å². The molecule has 2 amide bonds. The van der Waals surface area contributed by atoms with E-state index in [0.717, 1.165) is 18.8 Å². The topological polar surface area (TPSA) is 119 Å². The van der Waals surface area contributed by atoms with E-state index in [1.54, 1.807) is 72.8 Å². The quantitative estimate of drug-likeness (QED) is 0.0674. The van der Waals surface area contributed by atoms with Crippen LogP contribution in [-0.4, -0.2) is 43.9 Å². The van der Waals surface area contributed by atoms with Crippen LogP contribution < -0.4 is 29.9 Å². The Bertz CT molecular complexity index is 1800. The minimum Gasteiger partial charge on any atom is -0.454 e. The molecule has 1 aliphatic rings. The van der Waals surface area contributed by atoms with Gasteiger partial charge >= 0.3 is 5.97 Å². The van der Waals surface area contributed by atoms with Gasteiger partial charge in [0.15, 0.2) is 11.5 Å². The molecule has 4 aromatic carbocycles. The minimum absolute atomic E-state index is 0.0554. The molecule has 0 spiro atoms. The number of benzene rings is 4. The van der Waals surface area contributed by atoms with Crippen LogP contribution in [-0.2, 0) is 4.79 Å². The molecule has 11 heteroatoms. The number of esters is 1. The molecule has 0 saturated carbocycles. The number of hydrazone groups is 1. The average molecular weight is 639 g/mol. The summed E-state index contributed by atoms with van der Waals surface area (Å²) in [4.78, 5) is 41.5. The molecule has 2 N–H and O–H groups in total. The van der Waals surface area contributed by atoms with Crippen molar-refractivity contribution in [2.75, 3.05) is 24.8 Å². The molecule has 0 saturated heterocycles. The van der Waals surface area contributed by atoms with E-state index in [1.807, 2.05) is 24.3 Å². The molecule has 5 rings (SSSR count). The predicted molar refractivity (Wildman–Crippen MR) is 177 cm³/mol. The Morgan fingerprint density at radius 1 is 0.913 bits per heavy atom. The van der Waals surface area contributed by atoms with Crippen LogP contribution in [0.25, 0.3) is 6.08 Å². The van der Waals surface area contributed by atoms with E-state index in [4.69, 9.17) is 25.8 Å². The molecule has 0 unspecified atom stereocenters. The van der Waals surface area contributed by atoms with Gasteiger partial charge in [0.25, 0.3) is 11.8 Å². The maximum Gasteiger partial charge on any atom is 0.343 e. The summed E-state index contributed by atoms with van der Waals surface area (Å²) >= 11 is 6.23. The first-order valence-electron chi connectivity index (χ1n) is 14.5.